The van der Waals surface area contributed by atoms with Crippen LogP contribution in [0.4, 0.5) is 8.78 Å². The van der Waals surface area contributed by atoms with Crippen molar-refractivity contribution < 1.29 is 8.78 Å². The predicted octanol–water partition coefficient (Wildman–Crippen LogP) is 2.93. The highest BCUT2D eigenvalue weighted by atomic mass is 19.2. The normalized spacial score (nSPS) is 24.6. The minimum absolute atomic E-state index is 0.418. The van der Waals surface area contributed by atoms with E-state index in [1.165, 1.54) is 12.1 Å². The molecule has 1 saturated heterocycles. The van der Waals surface area contributed by atoms with E-state index in [1.54, 1.807) is 6.07 Å². The van der Waals surface area contributed by atoms with Gasteiger partial charge in [0.2, 0.25) is 0 Å². The molecular weight excluding hydrogens is 246 g/mol. The molecule has 0 bridgehead atoms. The highest BCUT2D eigenvalue weighted by Crippen LogP contribution is 2.16. The van der Waals surface area contributed by atoms with Gasteiger partial charge >= 0.3 is 0 Å². The molecule has 1 aromatic carbocycles. The van der Waals surface area contributed by atoms with E-state index in [4.69, 9.17) is 0 Å². The summed E-state index contributed by atoms with van der Waals surface area (Å²) in [6, 6.07) is 5.11. The zero-order chi connectivity index (χ0) is 13.8. The molecular formula is C15H22F2N2. The molecule has 2 unspecified atom stereocenters. The molecule has 0 aliphatic carbocycles. The van der Waals surface area contributed by atoms with Gasteiger partial charge in [-0.2, -0.15) is 0 Å². The van der Waals surface area contributed by atoms with Crippen LogP contribution in [0.3, 0.4) is 0 Å². The molecule has 1 fully saturated rings. The molecule has 2 rings (SSSR count). The average Bonchev–Trinajstić information content (AvgIpc) is 2.38. The molecule has 0 aromatic heterocycles. The Morgan fingerprint density at radius 1 is 1.32 bits per heavy atom. The van der Waals surface area contributed by atoms with E-state index in [9.17, 15) is 8.78 Å². The molecule has 0 radical (unpaired) electrons. The standard InChI is InChI=1S/C15H22F2N2/c1-3-4-13-10-19(11(2)8-18-13)9-12-5-6-14(16)15(17)7-12/h5-7,11,13,18H,3-4,8-10H2,1-2H3. The molecule has 1 N–H and O–H groups in total. The molecule has 1 aliphatic heterocycles. The lowest BCUT2D eigenvalue weighted by molar-refractivity contribution is 0.129. The molecule has 106 valence electrons. The van der Waals surface area contributed by atoms with E-state index in [0.29, 0.717) is 18.6 Å². The van der Waals surface area contributed by atoms with Gasteiger partial charge in [0.1, 0.15) is 0 Å². The van der Waals surface area contributed by atoms with E-state index in [0.717, 1.165) is 31.5 Å². The Kier molecular flexibility index (Phi) is 4.88. The summed E-state index contributed by atoms with van der Waals surface area (Å²) in [6.45, 7) is 6.94. The molecule has 0 saturated carbocycles. The molecule has 1 aromatic rings. The molecule has 1 aliphatic rings. The van der Waals surface area contributed by atoms with Crippen LogP contribution in [0.15, 0.2) is 18.2 Å². The van der Waals surface area contributed by atoms with Crippen LogP contribution in [0.25, 0.3) is 0 Å². The monoisotopic (exact) mass is 268 g/mol. The van der Waals surface area contributed by atoms with Crippen LogP contribution in [-0.2, 0) is 6.54 Å². The summed E-state index contributed by atoms with van der Waals surface area (Å²) in [4.78, 5) is 2.34. The average molecular weight is 268 g/mol. The lowest BCUT2D eigenvalue weighted by Crippen LogP contribution is -2.54. The Morgan fingerprint density at radius 3 is 2.79 bits per heavy atom. The Balaban J connectivity index is 2.01. The van der Waals surface area contributed by atoms with Gasteiger partial charge in [-0.3, -0.25) is 4.90 Å². The lowest BCUT2D eigenvalue weighted by atomic mass is 10.0. The first-order chi connectivity index (χ1) is 9.10. The van der Waals surface area contributed by atoms with Crippen LogP contribution in [0.1, 0.15) is 32.3 Å². The van der Waals surface area contributed by atoms with E-state index in [-0.39, 0.29) is 0 Å². The van der Waals surface area contributed by atoms with Gasteiger partial charge in [-0.15, -0.1) is 0 Å². The zero-order valence-electron chi connectivity index (χ0n) is 11.6. The number of nitrogens with zero attached hydrogens (tertiary/aromatic N) is 1. The van der Waals surface area contributed by atoms with Crippen molar-refractivity contribution >= 4 is 0 Å². The van der Waals surface area contributed by atoms with Crippen LogP contribution < -0.4 is 5.32 Å². The second-order valence-electron chi connectivity index (χ2n) is 5.42. The fourth-order valence-corrected chi connectivity index (χ4v) is 2.63. The van der Waals surface area contributed by atoms with Gasteiger partial charge in [0, 0.05) is 31.7 Å². The summed E-state index contributed by atoms with van der Waals surface area (Å²) in [5.74, 6) is -1.54. The summed E-state index contributed by atoms with van der Waals surface area (Å²) < 4.78 is 26.1. The number of halogens is 2. The molecule has 4 heteroatoms. The summed E-state index contributed by atoms with van der Waals surface area (Å²) in [6.07, 6.45) is 2.31. The summed E-state index contributed by atoms with van der Waals surface area (Å²) in [7, 11) is 0. The van der Waals surface area contributed by atoms with Gasteiger partial charge in [-0.25, -0.2) is 8.78 Å². The first kappa shape index (κ1) is 14.4. The van der Waals surface area contributed by atoms with Crippen LogP contribution in [-0.4, -0.2) is 30.1 Å². The lowest BCUT2D eigenvalue weighted by Gasteiger charge is -2.39. The SMILES string of the molecule is CCCC1CN(Cc2ccc(F)c(F)c2)C(C)CN1. The Morgan fingerprint density at radius 2 is 2.11 bits per heavy atom. The summed E-state index contributed by atoms with van der Waals surface area (Å²) in [5, 5.41) is 3.53. The van der Waals surface area contributed by atoms with Crippen LogP contribution in [0.5, 0.6) is 0 Å². The van der Waals surface area contributed by atoms with Crippen molar-refractivity contribution in [1.29, 1.82) is 0 Å². The fourth-order valence-electron chi connectivity index (χ4n) is 2.63. The largest absolute Gasteiger partial charge is 0.311 e. The van der Waals surface area contributed by atoms with Gasteiger partial charge in [0.15, 0.2) is 11.6 Å². The van der Waals surface area contributed by atoms with Gasteiger partial charge in [-0.05, 0) is 31.0 Å². The molecule has 19 heavy (non-hydrogen) atoms. The number of hydrogen-bond acceptors (Lipinski definition) is 2. The van der Waals surface area contributed by atoms with Crippen molar-refractivity contribution in [2.75, 3.05) is 13.1 Å². The Labute approximate surface area is 113 Å². The van der Waals surface area contributed by atoms with Crippen molar-refractivity contribution in [3.05, 3.63) is 35.4 Å². The van der Waals surface area contributed by atoms with Gasteiger partial charge in [0.05, 0.1) is 0 Å². The zero-order valence-corrected chi connectivity index (χ0v) is 11.6. The van der Waals surface area contributed by atoms with Crippen LogP contribution >= 0.6 is 0 Å². The minimum Gasteiger partial charge on any atom is -0.311 e. The predicted molar refractivity (Wildman–Crippen MR) is 72.9 cm³/mol. The van der Waals surface area contributed by atoms with Crippen LogP contribution in [0, 0.1) is 11.6 Å². The third-order valence-electron chi connectivity index (χ3n) is 3.79. The third kappa shape index (κ3) is 3.74. The number of rotatable bonds is 4. The summed E-state index contributed by atoms with van der Waals surface area (Å²) >= 11 is 0. The van der Waals surface area contributed by atoms with E-state index in [1.807, 2.05) is 0 Å². The minimum atomic E-state index is -0.777. The number of benzene rings is 1. The van der Waals surface area contributed by atoms with Gasteiger partial charge < -0.3 is 5.32 Å². The maximum absolute atomic E-state index is 13.2. The van der Waals surface area contributed by atoms with Crippen molar-refractivity contribution in [2.45, 2.75) is 45.3 Å². The van der Waals surface area contributed by atoms with Crippen LogP contribution in [0.2, 0.25) is 0 Å². The van der Waals surface area contributed by atoms with Gasteiger partial charge in [0.25, 0.3) is 0 Å². The first-order valence-corrected chi connectivity index (χ1v) is 7.01. The third-order valence-corrected chi connectivity index (χ3v) is 3.79. The first-order valence-electron chi connectivity index (χ1n) is 7.01. The van der Waals surface area contributed by atoms with E-state index in [2.05, 4.69) is 24.1 Å². The highest BCUT2D eigenvalue weighted by Gasteiger charge is 2.24. The van der Waals surface area contributed by atoms with E-state index < -0.39 is 11.6 Å². The number of hydrogen-bond donors (Lipinski definition) is 1. The highest BCUT2D eigenvalue weighted by molar-refractivity contribution is 5.18. The maximum atomic E-state index is 13.2. The molecule has 1 heterocycles. The topological polar surface area (TPSA) is 15.3 Å². The second kappa shape index (κ2) is 6.44. The number of piperazine rings is 1. The van der Waals surface area contributed by atoms with Crippen molar-refractivity contribution in [2.24, 2.45) is 0 Å². The second-order valence-corrected chi connectivity index (χ2v) is 5.42. The van der Waals surface area contributed by atoms with Gasteiger partial charge in [-0.1, -0.05) is 19.4 Å². The quantitative estimate of drug-likeness (QED) is 0.903. The molecule has 2 nitrogen and oxygen atoms in total. The molecule has 2 atom stereocenters. The maximum Gasteiger partial charge on any atom is 0.159 e. The van der Waals surface area contributed by atoms with Crippen molar-refractivity contribution in [3.8, 4) is 0 Å². The van der Waals surface area contributed by atoms with E-state index >= 15 is 0 Å². The molecule has 0 spiro atoms. The smallest absolute Gasteiger partial charge is 0.159 e. The number of nitrogens with one attached hydrogen (secondary N) is 1. The van der Waals surface area contributed by atoms with Crippen molar-refractivity contribution in [3.63, 3.8) is 0 Å². The van der Waals surface area contributed by atoms with Crippen molar-refractivity contribution in [1.82, 2.24) is 10.2 Å². The molecule has 0 amide bonds. The Bertz CT molecular complexity index is 423. The Hall–Kier alpha value is -1.00. The fraction of sp³-hybridized carbons (Fsp3) is 0.600. The summed E-state index contributed by atoms with van der Waals surface area (Å²) in [5.41, 5.74) is 0.836.